The SMILES string of the molecule is Cc1c(OCc2ccccc2)ccc2c1O/C(=C\c1cccc([N+](=O)[O-])c1)C2=O. The van der Waals surface area contributed by atoms with E-state index in [1.54, 1.807) is 24.3 Å². The molecule has 3 aromatic rings. The number of nitro benzene ring substituents is 1. The molecule has 1 heterocycles. The van der Waals surface area contributed by atoms with Crippen molar-refractivity contribution in [2.75, 3.05) is 0 Å². The number of allylic oxidation sites excluding steroid dienone is 1. The predicted molar refractivity (Wildman–Crippen MR) is 108 cm³/mol. The third-order valence-electron chi connectivity index (χ3n) is 4.65. The van der Waals surface area contributed by atoms with E-state index in [-0.39, 0.29) is 17.2 Å². The molecule has 6 heteroatoms. The quantitative estimate of drug-likeness (QED) is 0.346. The van der Waals surface area contributed by atoms with E-state index in [1.807, 2.05) is 37.3 Å². The van der Waals surface area contributed by atoms with Gasteiger partial charge in [-0.15, -0.1) is 0 Å². The minimum Gasteiger partial charge on any atom is -0.488 e. The highest BCUT2D eigenvalue weighted by molar-refractivity contribution is 6.15. The van der Waals surface area contributed by atoms with Crippen LogP contribution in [0.2, 0.25) is 0 Å². The summed E-state index contributed by atoms with van der Waals surface area (Å²) in [5.74, 6) is 0.960. The van der Waals surface area contributed by atoms with E-state index in [4.69, 9.17) is 9.47 Å². The van der Waals surface area contributed by atoms with E-state index in [0.717, 1.165) is 11.1 Å². The first-order valence-electron chi connectivity index (χ1n) is 9.02. The summed E-state index contributed by atoms with van der Waals surface area (Å²) < 4.78 is 11.7. The smallest absolute Gasteiger partial charge is 0.270 e. The highest BCUT2D eigenvalue weighted by Gasteiger charge is 2.30. The molecule has 0 saturated heterocycles. The number of hydrogen-bond donors (Lipinski definition) is 0. The summed E-state index contributed by atoms with van der Waals surface area (Å²) in [5, 5.41) is 11.0. The second kappa shape index (κ2) is 7.59. The molecule has 1 aliphatic heterocycles. The zero-order valence-electron chi connectivity index (χ0n) is 15.6. The number of benzene rings is 3. The normalized spacial score (nSPS) is 13.8. The number of hydrogen-bond acceptors (Lipinski definition) is 5. The summed E-state index contributed by atoms with van der Waals surface area (Å²) in [5.41, 5.74) is 2.69. The number of Topliss-reactive ketones (excluding diaryl/α,β-unsaturated/α-hetero) is 1. The number of ether oxygens (including phenoxy) is 2. The molecule has 0 N–H and O–H groups in total. The first-order chi connectivity index (χ1) is 14.0. The lowest BCUT2D eigenvalue weighted by Crippen LogP contribution is -1.98. The van der Waals surface area contributed by atoms with Crippen LogP contribution in [0.25, 0.3) is 6.08 Å². The lowest BCUT2D eigenvalue weighted by Gasteiger charge is -2.11. The van der Waals surface area contributed by atoms with Gasteiger partial charge >= 0.3 is 0 Å². The van der Waals surface area contributed by atoms with Crippen LogP contribution in [-0.2, 0) is 6.61 Å². The van der Waals surface area contributed by atoms with E-state index < -0.39 is 4.92 Å². The number of nitrogens with zero attached hydrogens (tertiary/aromatic N) is 1. The van der Waals surface area contributed by atoms with Crippen LogP contribution in [-0.4, -0.2) is 10.7 Å². The van der Waals surface area contributed by atoms with Gasteiger partial charge in [0.2, 0.25) is 5.78 Å². The molecule has 0 aliphatic carbocycles. The number of carbonyl (C=O) groups is 1. The molecule has 0 spiro atoms. The van der Waals surface area contributed by atoms with Crippen LogP contribution in [0.1, 0.15) is 27.0 Å². The highest BCUT2D eigenvalue weighted by atomic mass is 16.6. The van der Waals surface area contributed by atoms with Crippen molar-refractivity contribution in [2.45, 2.75) is 13.5 Å². The maximum Gasteiger partial charge on any atom is 0.270 e. The minimum atomic E-state index is -0.478. The molecule has 0 unspecified atom stereocenters. The number of non-ortho nitro benzene ring substituents is 1. The first-order valence-corrected chi connectivity index (χ1v) is 9.02. The lowest BCUT2D eigenvalue weighted by molar-refractivity contribution is -0.384. The second-order valence-corrected chi connectivity index (χ2v) is 6.63. The van der Waals surface area contributed by atoms with Gasteiger partial charge in [0.25, 0.3) is 5.69 Å². The molecule has 1 aliphatic rings. The molecular formula is C23H17NO5. The molecule has 29 heavy (non-hydrogen) atoms. The first kappa shape index (κ1) is 18.4. The van der Waals surface area contributed by atoms with Crippen molar-refractivity contribution in [2.24, 2.45) is 0 Å². The Morgan fingerprint density at radius 2 is 1.86 bits per heavy atom. The molecular weight excluding hydrogens is 370 g/mol. The molecule has 0 aromatic heterocycles. The summed E-state index contributed by atoms with van der Waals surface area (Å²) in [6.45, 7) is 2.24. The van der Waals surface area contributed by atoms with Gasteiger partial charge < -0.3 is 9.47 Å². The lowest BCUT2D eigenvalue weighted by atomic mass is 10.1. The van der Waals surface area contributed by atoms with Crippen molar-refractivity contribution in [3.8, 4) is 11.5 Å². The van der Waals surface area contributed by atoms with Gasteiger partial charge in [0.1, 0.15) is 18.1 Å². The van der Waals surface area contributed by atoms with Crippen LogP contribution in [0, 0.1) is 17.0 Å². The van der Waals surface area contributed by atoms with Crippen LogP contribution in [0.3, 0.4) is 0 Å². The van der Waals surface area contributed by atoms with E-state index in [0.29, 0.717) is 29.2 Å². The maximum atomic E-state index is 12.7. The molecule has 0 saturated carbocycles. The molecule has 3 aromatic carbocycles. The molecule has 144 valence electrons. The monoisotopic (exact) mass is 387 g/mol. The van der Waals surface area contributed by atoms with Crippen molar-refractivity contribution in [1.82, 2.24) is 0 Å². The van der Waals surface area contributed by atoms with Crippen LogP contribution < -0.4 is 9.47 Å². The van der Waals surface area contributed by atoms with Crippen LogP contribution in [0.15, 0.2) is 72.5 Å². The van der Waals surface area contributed by atoms with E-state index >= 15 is 0 Å². The number of rotatable bonds is 5. The fourth-order valence-corrected chi connectivity index (χ4v) is 3.14. The average Bonchev–Trinajstić information content (AvgIpc) is 3.05. The summed E-state index contributed by atoms with van der Waals surface area (Å²) in [4.78, 5) is 23.2. The molecule has 4 rings (SSSR count). The molecule has 0 radical (unpaired) electrons. The van der Waals surface area contributed by atoms with Crippen LogP contribution >= 0.6 is 0 Å². The predicted octanol–water partition coefficient (Wildman–Crippen LogP) is 5.10. The average molecular weight is 387 g/mol. The van der Waals surface area contributed by atoms with E-state index in [9.17, 15) is 14.9 Å². The Kier molecular flexibility index (Phi) is 4.83. The Morgan fingerprint density at radius 3 is 2.62 bits per heavy atom. The van der Waals surface area contributed by atoms with Gasteiger partial charge in [-0.05, 0) is 36.3 Å². The molecule has 6 nitrogen and oxygen atoms in total. The van der Waals surface area contributed by atoms with Crippen molar-refractivity contribution < 1.29 is 19.2 Å². The fourth-order valence-electron chi connectivity index (χ4n) is 3.14. The summed E-state index contributed by atoms with van der Waals surface area (Å²) >= 11 is 0. The topological polar surface area (TPSA) is 78.7 Å². The third kappa shape index (κ3) is 3.73. The Bertz CT molecular complexity index is 1140. The standard InChI is InChI=1S/C23H17NO5/c1-15-20(28-14-16-6-3-2-4-7-16)11-10-19-22(25)21(29-23(15)19)13-17-8-5-9-18(12-17)24(26)27/h2-13H,14H2,1H3/b21-13-. The van der Waals surface area contributed by atoms with Crippen molar-refractivity contribution >= 4 is 17.5 Å². The zero-order valence-corrected chi connectivity index (χ0v) is 15.6. The van der Waals surface area contributed by atoms with Crippen molar-refractivity contribution in [3.05, 3.63) is 105 Å². The van der Waals surface area contributed by atoms with E-state index in [1.165, 1.54) is 18.2 Å². The Morgan fingerprint density at radius 1 is 1.07 bits per heavy atom. The van der Waals surface area contributed by atoms with Crippen LogP contribution in [0.5, 0.6) is 11.5 Å². The van der Waals surface area contributed by atoms with Crippen molar-refractivity contribution in [1.29, 1.82) is 0 Å². The van der Waals surface area contributed by atoms with Gasteiger partial charge in [0.05, 0.1) is 10.5 Å². The number of nitro groups is 1. The summed E-state index contributed by atoms with van der Waals surface area (Å²) in [6.07, 6.45) is 1.51. The van der Waals surface area contributed by atoms with Gasteiger partial charge in [-0.2, -0.15) is 0 Å². The maximum absolute atomic E-state index is 12.7. The van der Waals surface area contributed by atoms with E-state index in [2.05, 4.69) is 0 Å². The number of ketones is 1. The summed E-state index contributed by atoms with van der Waals surface area (Å²) in [7, 11) is 0. The van der Waals surface area contributed by atoms with Gasteiger partial charge in [-0.1, -0.05) is 42.5 Å². The Labute approximate surface area is 167 Å². The fraction of sp³-hybridized carbons (Fsp3) is 0.0870. The van der Waals surface area contributed by atoms with Gasteiger partial charge in [-0.25, -0.2) is 0 Å². The van der Waals surface area contributed by atoms with Gasteiger partial charge in [-0.3, -0.25) is 14.9 Å². The molecule has 0 bridgehead atoms. The second-order valence-electron chi connectivity index (χ2n) is 6.63. The zero-order chi connectivity index (χ0) is 20.4. The minimum absolute atomic E-state index is 0.0462. The molecule has 0 atom stereocenters. The Balaban J connectivity index is 1.59. The van der Waals surface area contributed by atoms with Gasteiger partial charge in [0.15, 0.2) is 5.76 Å². The number of carbonyl (C=O) groups excluding carboxylic acids is 1. The largest absolute Gasteiger partial charge is 0.488 e. The van der Waals surface area contributed by atoms with Gasteiger partial charge in [0, 0.05) is 17.7 Å². The summed E-state index contributed by atoms with van der Waals surface area (Å²) in [6, 6.07) is 19.3. The van der Waals surface area contributed by atoms with Crippen molar-refractivity contribution in [3.63, 3.8) is 0 Å². The molecule has 0 fully saturated rings. The van der Waals surface area contributed by atoms with Crippen LogP contribution in [0.4, 0.5) is 5.69 Å². The number of fused-ring (bicyclic) bond motifs is 1. The highest BCUT2D eigenvalue weighted by Crippen LogP contribution is 2.39. The molecule has 0 amide bonds. The Hall–Kier alpha value is -3.93. The third-order valence-corrected chi connectivity index (χ3v) is 4.65.